The molecule has 2 amide bonds. The molecule has 1 aliphatic rings. The number of benzene rings is 3. The molecular formula is C29H27ClN4O2. The first kappa shape index (κ1) is 23.8. The summed E-state index contributed by atoms with van der Waals surface area (Å²) in [5, 5.41) is 8.06. The van der Waals surface area contributed by atoms with Gasteiger partial charge in [-0.15, -0.1) is 0 Å². The molecule has 1 unspecified atom stereocenters. The number of urea groups is 1. The number of anilines is 1. The van der Waals surface area contributed by atoms with E-state index < -0.39 is 6.04 Å². The Morgan fingerprint density at radius 3 is 2.25 bits per heavy atom. The van der Waals surface area contributed by atoms with Crippen molar-refractivity contribution in [2.24, 2.45) is 0 Å². The predicted molar refractivity (Wildman–Crippen MR) is 143 cm³/mol. The number of hydrogen-bond acceptors (Lipinski definition) is 4. The summed E-state index contributed by atoms with van der Waals surface area (Å²) in [5.41, 5.74) is 8.50. The van der Waals surface area contributed by atoms with Crippen LogP contribution < -0.4 is 10.2 Å². The lowest BCUT2D eigenvalue weighted by atomic mass is 9.92. The van der Waals surface area contributed by atoms with Crippen molar-refractivity contribution in [3.63, 3.8) is 0 Å². The van der Waals surface area contributed by atoms with Gasteiger partial charge in [0.05, 0.1) is 17.3 Å². The van der Waals surface area contributed by atoms with Gasteiger partial charge in [-0.1, -0.05) is 41.0 Å². The van der Waals surface area contributed by atoms with Crippen molar-refractivity contribution >= 4 is 28.9 Å². The number of carbonyl (C=O) groups excluding carboxylic acids is 1. The van der Waals surface area contributed by atoms with Crippen LogP contribution in [0.2, 0.25) is 5.02 Å². The molecule has 0 radical (unpaired) electrons. The molecule has 0 spiro atoms. The minimum atomic E-state index is -0.447. The van der Waals surface area contributed by atoms with Crippen LogP contribution in [-0.2, 0) is 0 Å². The molecule has 2 heterocycles. The van der Waals surface area contributed by atoms with Crippen LogP contribution in [0.25, 0.3) is 17.0 Å². The number of aromatic nitrogens is 2. The van der Waals surface area contributed by atoms with Crippen molar-refractivity contribution in [1.82, 2.24) is 15.5 Å². The van der Waals surface area contributed by atoms with Crippen LogP contribution in [0.4, 0.5) is 10.5 Å². The van der Waals surface area contributed by atoms with E-state index in [4.69, 9.17) is 21.1 Å². The van der Waals surface area contributed by atoms with Crippen molar-refractivity contribution in [3.05, 3.63) is 105 Å². The van der Waals surface area contributed by atoms with Crippen molar-refractivity contribution < 1.29 is 9.32 Å². The van der Waals surface area contributed by atoms with Gasteiger partial charge in [-0.2, -0.15) is 4.98 Å². The molecule has 1 atom stereocenters. The SMILES string of the molecule is CC1=C(c2nc(-c3ccc(Cl)cc3)no2)C(c2ccc(C)c(C)c2)NC(=O)N1c1cc(C)cc(C)c1. The van der Waals surface area contributed by atoms with E-state index in [-0.39, 0.29) is 6.03 Å². The van der Waals surface area contributed by atoms with Crippen molar-refractivity contribution in [3.8, 4) is 11.4 Å². The maximum absolute atomic E-state index is 13.5. The Bertz CT molecular complexity index is 1480. The highest BCUT2D eigenvalue weighted by atomic mass is 35.5. The molecule has 6 nitrogen and oxygen atoms in total. The molecule has 0 aliphatic carbocycles. The largest absolute Gasteiger partial charge is 0.334 e. The highest BCUT2D eigenvalue weighted by Gasteiger charge is 2.36. The van der Waals surface area contributed by atoms with E-state index in [0.717, 1.165) is 44.8 Å². The molecule has 0 fully saturated rings. The van der Waals surface area contributed by atoms with Crippen LogP contribution in [-0.4, -0.2) is 16.2 Å². The van der Waals surface area contributed by atoms with Crippen molar-refractivity contribution in [1.29, 1.82) is 0 Å². The van der Waals surface area contributed by atoms with Crippen LogP contribution in [0.15, 0.2) is 70.9 Å². The normalized spacial score (nSPS) is 15.9. The van der Waals surface area contributed by atoms with Gasteiger partial charge in [-0.05, 0) is 98.8 Å². The van der Waals surface area contributed by atoms with Gasteiger partial charge in [0.2, 0.25) is 5.82 Å². The average molecular weight is 499 g/mol. The molecule has 0 saturated heterocycles. The van der Waals surface area contributed by atoms with E-state index in [9.17, 15) is 4.79 Å². The zero-order chi connectivity index (χ0) is 25.6. The van der Waals surface area contributed by atoms with Gasteiger partial charge in [0.15, 0.2) is 0 Å². The Labute approximate surface area is 215 Å². The number of aryl methyl sites for hydroxylation is 4. The molecular weight excluding hydrogens is 472 g/mol. The van der Waals surface area contributed by atoms with Crippen LogP contribution in [0.1, 0.15) is 46.7 Å². The summed E-state index contributed by atoms with van der Waals surface area (Å²) < 4.78 is 5.80. The second kappa shape index (κ2) is 9.28. The zero-order valence-corrected chi connectivity index (χ0v) is 21.6. The van der Waals surface area contributed by atoms with E-state index in [1.807, 2.05) is 51.1 Å². The Balaban J connectivity index is 1.68. The number of halogens is 1. The van der Waals surface area contributed by atoms with E-state index >= 15 is 0 Å². The number of nitrogens with zero attached hydrogens (tertiary/aromatic N) is 3. The Morgan fingerprint density at radius 1 is 0.889 bits per heavy atom. The molecule has 0 saturated carbocycles. The molecule has 36 heavy (non-hydrogen) atoms. The fraction of sp³-hybridized carbons (Fsp3) is 0.207. The fourth-order valence-electron chi connectivity index (χ4n) is 4.65. The second-order valence-electron chi connectivity index (χ2n) is 9.34. The van der Waals surface area contributed by atoms with Gasteiger partial charge in [0.1, 0.15) is 0 Å². The van der Waals surface area contributed by atoms with Crippen LogP contribution in [0.5, 0.6) is 0 Å². The van der Waals surface area contributed by atoms with E-state index in [1.54, 1.807) is 17.0 Å². The molecule has 0 bridgehead atoms. The van der Waals surface area contributed by atoms with Crippen molar-refractivity contribution in [2.75, 3.05) is 4.90 Å². The summed E-state index contributed by atoms with van der Waals surface area (Å²) in [6.45, 7) is 10.1. The third-order valence-electron chi connectivity index (χ3n) is 6.57. The second-order valence-corrected chi connectivity index (χ2v) is 9.77. The van der Waals surface area contributed by atoms with Crippen LogP contribution in [0, 0.1) is 27.7 Å². The first-order valence-corrected chi connectivity index (χ1v) is 12.2. The monoisotopic (exact) mass is 498 g/mol. The molecule has 5 rings (SSSR count). The smallest absolute Gasteiger partial charge is 0.326 e. The lowest BCUT2D eigenvalue weighted by Gasteiger charge is -2.35. The molecule has 7 heteroatoms. The first-order valence-electron chi connectivity index (χ1n) is 11.8. The average Bonchev–Trinajstić information content (AvgIpc) is 3.30. The lowest BCUT2D eigenvalue weighted by molar-refractivity contribution is 0.244. The summed E-state index contributed by atoms with van der Waals surface area (Å²) >= 11 is 6.05. The molecule has 182 valence electrons. The van der Waals surface area contributed by atoms with E-state index in [2.05, 4.69) is 42.5 Å². The van der Waals surface area contributed by atoms with Gasteiger partial charge >= 0.3 is 6.03 Å². The highest BCUT2D eigenvalue weighted by molar-refractivity contribution is 6.30. The van der Waals surface area contributed by atoms with Gasteiger partial charge in [0.25, 0.3) is 5.89 Å². The predicted octanol–water partition coefficient (Wildman–Crippen LogP) is 7.33. The summed E-state index contributed by atoms with van der Waals surface area (Å²) in [5.74, 6) is 0.811. The van der Waals surface area contributed by atoms with Crippen LogP contribution >= 0.6 is 11.6 Å². The summed E-state index contributed by atoms with van der Waals surface area (Å²) in [6.07, 6.45) is 0. The Kier molecular flexibility index (Phi) is 6.14. The topological polar surface area (TPSA) is 71.3 Å². The Morgan fingerprint density at radius 2 is 1.58 bits per heavy atom. The molecule has 1 N–H and O–H groups in total. The molecule has 4 aromatic rings. The third kappa shape index (κ3) is 4.40. The molecule has 1 aliphatic heterocycles. The lowest BCUT2D eigenvalue weighted by Crippen LogP contribution is -2.46. The van der Waals surface area contributed by atoms with Gasteiger partial charge in [-0.3, -0.25) is 4.90 Å². The minimum Gasteiger partial charge on any atom is -0.334 e. The summed E-state index contributed by atoms with van der Waals surface area (Å²) in [4.78, 5) is 19.9. The van der Waals surface area contributed by atoms with Gasteiger partial charge in [0, 0.05) is 16.3 Å². The standard InChI is InChI=1S/C29H27ClN4O2/c1-16-12-17(2)14-24(13-16)34-20(5)25(26(31-29(34)35)22-7-6-18(3)19(4)15-22)28-32-27(33-36-28)21-8-10-23(30)11-9-21/h6-15,26H,1-5H3,(H,31,35). The zero-order valence-electron chi connectivity index (χ0n) is 20.9. The quantitative estimate of drug-likeness (QED) is 0.320. The maximum Gasteiger partial charge on any atom is 0.326 e. The van der Waals surface area contributed by atoms with E-state index in [1.165, 1.54) is 5.56 Å². The molecule has 3 aromatic carbocycles. The number of amides is 2. The maximum atomic E-state index is 13.5. The summed E-state index contributed by atoms with van der Waals surface area (Å²) in [6, 6.07) is 18.9. The number of allylic oxidation sites excluding steroid dienone is 1. The fourth-order valence-corrected chi connectivity index (χ4v) is 4.78. The van der Waals surface area contributed by atoms with Crippen LogP contribution in [0.3, 0.4) is 0 Å². The number of hydrogen-bond donors (Lipinski definition) is 1. The minimum absolute atomic E-state index is 0.207. The highest BCUT2D eigenvalue weighted by Crippen LogP contribution is 2.40. The third-order valence-corrected chi connectivity index (χ3v) is 6.82. The van der Waals surface area contributed by atoms with E-state index in [0.29, 0.717) is 16.7 Å². The molecule has 1 aromatic heterocycles. The number of carbonyl (C=O) groups is 1. The Hall–Kier alpha value is -3.90. The first-order chi connectivity index (χ1) is 17.2. The van der Waals surface area contributed by atoms with Gasteiger partial charge < -0.3 is 9.84 Å². The van der Waals surface area contributed by atoms with Gasteiger partial charge in [-0.25, -0.2) is 4.79 Å². The van der Waals surface area contributed by atoms with Crippen molar-refractivity contribution in [2.45, 2.75) is 40.7 Å². The number of rotatable bonds is 4. The number of nitrogens with one attached hydrogen (secondary N) is 1. The summed E-state index contributed by atoms with van der Waals surface area (Å²) in [7, 11) is 0.